The van der Waals surface area contributed by atoms with E-state index in [1.807, 2.05) is 30.3 Å². The zero-order valence-corrected chi connectivity index (χ0v) is 16.6. The van der Waals surface area contributed by atoms with Crippen LogP contribution in [-0.4, -0.2) is 51.9 Å². The number of hydrogen-bond acceptors (Lipinski definition) is 6. The minimum Gasteiger partial charge on any atom is -0.351 e. The van der Waals surface area contributed by atoms with Gasteiger partial charge in [-0.3, -0.25) is 9.36 Å². The molecule has 0 saturated carbocycles. The van der Waals surface area contributed by atoms with E-state index in [9.17, 15) is 18.0 Å². The van der Waals surface area contributed by atoms with Gasteiger partial charge in [0.2, 0.25) is 5.91 Å². The van der Waals surface area contributed by atoms with E-state index in [2.05, 4.69) is 15.5 Å². The lowest BCUT2D eigenvalue weighted by molar-refractivity contribution is -0.120. The summed E-state index contributed by atoms with van der Waals surface area (Å²) in [5, 5.41) is 9.16. The predicted molar refractivity (Wildman–Crippen MR) is 104 cm³/mol. The van der Waals surface area contributed by atoms with Crippen molar-refractivity contribution in [3.05, 3.63) is 46.4 Å². The van der Waals surface area contributed by atoms with Crippen molar-refractivity contribution in [2.24, 2.45) is 0 Å². The van der Waals surface area contributed by atoms with Gasteiger partial charge in [-0.15, -0.1) is 5.10 Å². The number of aryl methyl sites for hydroxylation is 1. The van der Waals surface area contributed by atoms with Crippen molar-refractivity contribution in [3.63, 3.8) is 0 Å². The quantitative estimate of drug-likeness (QED) is 0.646. The first-order valence-corrected chi connectivity index (χ1v) is 11.4. The number of hydrogen-bond donors (Lipinski definition) is 2. The Morgan fingerprint density at radius 3 is 2.81 bits per heavy atom. The first-order valence-electron chi connectivity index (χ1n) is 8.70. The number of nitrogens with one attached hydrogen (secondary N) is 2. The van der Waals surface area contributed by atoms with Crippen LogP contribution < -0.4 is 11.0 Å². The van der Waals surface area contributed by atoms with Crippen LogP contribution in [0.5, 0.6) is 0 Å². The fourth-order valence-corrected chi connectivity index (χ4v) is 5.48. The Labute approximate surface area is 161 Å². The fraction of sp³-hybridized carbons (Fsp3) is 0.471. The van der Waals surface area contributed by atoms with Gasteiger partial charge < -0.3 is 5.32 Å². The SMILES string of the molecule is C[C@H](Sc1n[nH]c(=O)n1CCc1ccccc1)C(=O)N[C@H]1CCS(=O)(=O)C1. The van der Waals surface area contributed by atoms with E-state index >= 15 is 0 Å². The standard InChI is InChI=1S/C17H22N4O4S2/c1-12(15(22)18-14-8-10-27(24,25)11-14)26-17-20-19-16(23)21(17)9-7-13-5-3-2-4-6-13/h2-6,12,14H,7-11H2,1H3,(H,18,22)(H,19,23)/t12-,14-/m0/s1. The second-order valence-electron chi connectivity index (χ2n) is 6.57. The summed E-state index contributed by atoms with van der Waals surface area (Å²) in [7, 11) is -3.05. The molecular weight excluding hydrogens is 388 g/mol. The molecule has 1 aliphatic rings. The summed E-state index contributed by atoms with van der Waals surface area (Å²) in [5.74, 6) is -0.162. The molecule has 1 amide bonds. The van der Waals surface area contributed by atoms with Crippen LogP contribution in [0.15, 0.2) is 40.3 Å². The number of amides is 1. The van der Waals surface area contributed by atoms with Gasteiger partial charge in [0.05, 0.1) is 16.8 Å². The van der Waals surface area contributed by atoms with Crippen LogP contribution in [0, 0.1) is 0 Å². The van der Waals surface area contributed by atoms with Gasteiger partial charge in [0.25, 0.3) is 0 Å². The summed E-state index contributed by atoms with van der Waals surface area (Å²) in [6, 6.07) is 9.46. The maximum Gasteiger partial charge on any atom is 0.343 e. The second-order valence-corrected chi connectivity index (χ2v) is 10.1. The number of carbonyl (C=O) groups excluding carboxylic acids is 1. The molecule has 0 aliphatic carbocycles. The molecule has 2 N–H and O–H groups in total. The Kier molecular flexibility index (Phi) is 6.05. The topological polar surface area (TPSA) is 114 Å². The molecule has 2 heterocycles. The first-order chi connectivity index (χ1) is 12.8. The molecule has 0 unspecified atom stereocenters. The lowest BCUT2D eigenvalue weighted by Crippen LogP contribution is -2.40. The number of thioether (sulfide) groups is 1. The molecule has 0 bridgehead atoms. The van der Waals surface area contributed by atoms with Crippen molar-refractivity contribution < 1.29 is 13.2 Å². The van der Waals surface area contributed by atoms with Crippen LogP contribution in [-0.2, 0) is 27.6 Å². The molecule has 3 rings (SSSR count). The molecular formula is C17H22N4O4S2. The molecule has 0 spiro atoms. The molecule has 8 nitrogen and oxygen atoms in total. The van der Waals surface area contributed by atoms with Crippen molar-refractivity contribution in [2.45, 2.75) is 42.8 Å². The van der Waals surface area contributed by atoms with Gasteiger partial charge in [-0.25, -0.2) is 18.3 Å². The highest BCUT2D eigenvalue weighted by molar-refractivity contribution is 8.00. The molecule has 0 radical (unpaired) electrons. The lowest BCUT2D eigenvalue weighted by atomic mass is 10.1. The van der Waals surface area contributed by atoms with Crippen molar-refractivity contribution in [1.82, 2.24) is 20.1 Å². The molecule has 1 aliphatic heterocycles. The van der Waals surface area contributed by atoms with E-state index in [1.54, 1.807) is 6.92 Å². The van der Waals surface area contributed by atoms with Crippen LogP contribution in [0.4, 0.5) is 0 Å². The van der Waals surface area contributed by atoms with E-state index in [0.717, 1.165) is 5.56 Å². The molecule has 10 heteroatoms. The van der Waals surface area contributed by atoms with E-state index in [1.165, 1.54) is 16.3 Å². The third-order valence-corrected chi connectivity index (χ3v) is 7.28. The minimum absolute atomic E-state index is 0.0136. The molecule has 1 fully saturated rings. The highest BCUT2D eigenvalue weighted by Gasteiger charge is 2.30. The number of sulfone groups is 1. The van der Waals surface area contributed by atoms with E-state index in [-0.39, 0.29) is 29.1 Å². The van der Waals surface area contributed by atoms with Gasteiger partial charge in [0.1, 0.15) is 0 Å². The number of benzene rings is 1. The first kappa shape index (κ1) is 19.7. The monoisotopic (exact) mass is 410 g/mol. The van der Waals surface area contributed by atoms with Crippen LogP contribution >= 0.6 is 11.8 Å². The van der Waals surface area contributed by atoms with Gasteiger partial charge in [-0.05, 0) is 25.3 Å². The molecule has 1 aromatic carbocycles. The molecule has 2 atom stereocenters. The number of rotatable bonds is 7. The average molecular weight is 411 g/mol. The predicted octanol–water partition coefficient (Wildman–Crippen LogP) is 0.598. The maximum absolute atomic E-state index is 12.4. The van der Waals surface area contributed by atoms with Crippen molar-refractivity contribution in [1.29, 1.82) is 0 Å². The fourth-order valence-electron chi connectivity index (χ4n) is 2.91. The van der Waals surface area contributed by atoms with Gasteiger partial charge >= 0.3 is 5.69 Å². The Balaban J connectivity index is 1.60. The number of aromatic nitrogens is 3. The largest absolute Gasteiger partial charge is 0.351 e. The molecule has 2 aromatic rings. The Morgan fingerprint density at radius 2 is 2.15 bits per heavy atom. The van der Waals surface area contributed by atoms with Gasteiger partial charge in [0.15, 0.2) is 15.0 Å². The summed E-state index contributed by atoms with van der Waals surface area (Å²) >= 11 is 1.18. The number of carbonyl (C=O) groups is 1. The van der Waals surface area contributed by atoms with Crippen molar-refractivity contribution in [2.75, 3.05) is 11.5 Å². The van der Waals surface area contributed by atoms with Crippen LogP contribution in [0.1, 0.15) is 18.9 Å². The van der Waals surface area contributed by atoms with Crippen molar-refractivity contribution in [3.8, 4) is 0 Å². The summed E-state index contributed by atoms with van der Waals surface area (Å²) in [5.41, 5.74) is 0.790. The zero-order valence-electron chi connectivity index (χ0n) is 14.9. The third-order valence-electron chi connectivity index (χ3n) is 4.42. The van der Waals surface area contributed by atoms with Gasteiger partial charge in [0, 0.05) is 12.6 Å². The summed E-state index contributed by atoms with van der Waals surface area (Å²) in [6.45, 7) is 2.17. The third kappa shape index (κ3) is 5.23. The summed E-state index contributed by atoms with van der Waals surface area (Å²) in [6.07, 6.45) is 1.12. The molecule has 1 aromatic heterocycles. The van der Waals surface area contributed by atoms with Crippen LogP contribution in [0.3, 0.4) is 0 Å². The van der Waals surface area contributed by atoms with Crippen LogP contribution in [0.25, 0.3) is 0 Å². The summed E-state index contributed by atoms with van der Waals surface area (Å²) in [4.78, 5) is 24.4. The molecule has 1 saturated heterocycles. The smallest absolute Gasteiger partial charge is 0.343 e. The zero-order chi connectivity index (χ0) is 19.4. The highest BCUT2D eigenvalue weighted by atomic mass is 32.2. The second kappa shape index (κ2) is 8.30. The molecule has 146 valence electrons. The maximum atomic E-state index is 12.4. The van der Waals surface area contributed by atoms with E-state index in [0.29, 0.717) is 24.5 Å². The number of nitrogens with zero attached hydrogens (tertiary/aromatic N) is 2. The van der Waals surface area contributed by atoms with Gasteiger partial charge in [-0.2, -0.15) is 0 Å². The average Bonchev–Trinajstić information content (AvgIpc) is 3.15. The van der Waals surface area contributed by atoms with E-state index in [4.69, 9.17) is 0 Å². The summed E-state index contributed by atoms with van der Waals surface area (Å²) < 4.78 is 24.5. The Morgan fingerprint density at radius 1 is 1.41 bits per heavy atom. The number of aromatic amines is 1. The minimum atomic E-state index is -3.05. The Bertz CT molecular complexity index is 953. The van der Waals surface area contributed by atoms with Gasteiger partial charge in [-0.1, -0.05) is 42.1 Å². The van der Waals surface area contributed by atoms with Crippen molar-refractivity contribution >= 4 is 27.5 Å². The van der Waals surface area contributed by atoms with E-state index < -0.39 is 15.1 Å². The Hall–Kier alpha value is -2.07. The van der Waals surface area contributed by atoms with Crippen LogP contribution in [0.2, 0.25) is 0 Å². The number of H-pyrrole nitrogens is 1. The highest BCUT2D eigenvalue weighted by Crippen LogP contribution is 2.21. The lowest BCUT2D eigenvalue weighted by Gasteiger charge is -2.15. The molecule has 27 heavy (non-hydrogen) atoms. The normalized spacial score (nSPS) is 19.7.